The van der Waals surface area contributed by atoms with E-state index >= 15 is 0 Å². The van der Waals surface area contributed by atoms with Crippen molar-refractivity contribution in [1.82, 2.24) is 0 Å². The average Bonchev–Trinajstić information content (AvgIpc) is 2.41. The predicted octanol–water partition coefficient (Wildman–Crippen LogP) is 4.14. The molecule has 0 radical (unpaired) electrons. The third kappa shape index (κ3) is 2.48. The van der Waals surface area contributed by atoms with Crippen LogP contribution in [0.25, 0.3) is 10.8 Å². The van der Waals surface area contributed by atoms with Crippen molar-refractivity contribution >= 4 is 22.4 Å². The maximum absolute atomic E-state index is 11.3. The first kappa shape index (κ1) is 13.0. The van der Waals surface area contributed by atoms with Crippen LogP contribution in [0, 0.1) is 5.92 Å². The lowest BCUT2D eigenvalue weighted by atomic mass is 9.83. The van der Waals surface area contributed by atoms with Gasteiger partial charge < -0.3 is 10.4 Å². The minimum Gasteiger partial charge on any atom is -0.478 e. The van der Waals surface area contributed by atoms with Crippen LogP contribution < -0.4 is 5.32 Å². The molecule has 2 aromatic carbocycles. The molecule has 0 atom stereocenters. The number of hydrogen-bond acceptors (Lipinski definition) is 2. The van der Waals surface area contributed by atoms with Gasteiger partial charge in [0.2, 0.25) is 0 Å². The van der Waals surface area contributed by atoms with Crippen molar-refractivity contribution in [1.29, 1.82) is 0 Å². The monoisotopic (exact) mass is 269 g/mol. The van der Waals surface area contributed by atoms with Gasteiger partial charge in [-0.3, -0.25) is 0 Å². The number of carbonyl (C=O) groups is 1. The van der Waals surface area contributed by atoms with E-state index in [4.69, 9.17) is 0 Å². The third-order valence-electron chi connectivity index (χ3n) is 4.25. The number of carboxylic acids is 1. The molecule has 0 unspecified atom stereocenters. The van der Waals surface area contributed by atoms with Crippen LogP contribution in [-0.4, -0.2) is 17.6 Å². The summed E-state index contributed by atoms with van der Waals surface area (Å²) in [6.07, 6.45) is 5.30. The summed E-state index contributed by atoms with van der Waals surface area (Å²) in [7, 11) is 0. The van der Waals surface area contributed by atoms with E-state index in [1.165, 1.54) is 25.7 Å². The van der Waals surface area contributed by atoms with E-state index in [9.17, 15) is 9.90 Å². The van der Waals surface area contributed by atoms with Gasteiger partial charge in [0.15, 0.2) is 0 Å². The number of aromatic carboxylic acids is 1. The fourth-order valence-corrected chi connectivity index (χ4v) is 2.83. The molecule has 3 nitrogen and oxygen atoms in total. The van der Waals surface area contributed by atoms with Gasteiger partial charge in [-0.15, -0.1) is 0 Å². The Kier molecular flexibility index (Phi) is 3.59. The highest BCUT2D eigenvalue weighted by Crippen LogP contribution is 2.30. The summed E-state index contributed by atoms with van der Waals surface area (Å²) in [6.45, 7) is 0.959. The Balaban J connectivity index is 1.83. The number of carboxylic acid groups (broad SMARTS) is 1. The highest BCUT2D eigenvalue weighted by Gasteiger charge is 2.16. The second kappa shape index (κ2) is 5.53. The smallest absolute Gasteiger partial charge is 0.336 e. The lowest BCUT2D eigenvalue weighted by molar-refractivity contribution is 0.0699. The van der Waals surface area contributed by atoms with Crippen molar-refractivity contribution in [2.75, 3.05) is 11.9 Å². The molecule has 3 heteroatoms. The summed E-state index contributed by atoms with van der Waals surface area (Å²) in [6, 6.07) is 11.3. The first-order valence-corrected chi connectivity index (χ1v) is 7.24. The van der Waals surface area contributed by atoms with E-state index in [0.717, 1.165) is 28.9 Å². The van der Waals surface area contributed by atoms with E-state index in [2.05, 4.69) is 5.32 Å². The van der Waals surface area contributed by atoms with Gasteiger partial charge in [0.1, 0.15) is 0 Å². The quantitative estimate of drug-likeness (QED) is 0.857. The van der Waals surface area contributed by atoms with E-state index in [1.807, 2.05) is 30.3 Å². The van der Waals surface area contributed by atoms with Gasteiger partial charge in [0.25, 0.3) is 0 Å². The molecule has 0 spiro atoms. The van der Waals surface area contributed by atoms with E-state index in [1.54, 1.807) is 6.07 Å². The number of anilines is 1. The second-order valence-corrected chi connectivity index (χ2v) is 5.52. The van der Waals surface area contributed by atoms with E-state index < -0.39 is 5.97 Å². The van der Waals surface area contributed by atoms with Crippen molar-refractivity contribution in [2.45, 2.75) is 25.7 Å². The fourth-order valence-electron chi connectivity index (χ4n) is 2.83. The fraction of sp³-hybridized carbons (Fsp3) is 0.353. The summed E-state index contributed by atoms with van der Waals surface area (Å²) in [5, 5.41) is 14.5. The molecule has 1 fully saturated rings. The number of fused-ring (bicyclic) bond motifs is 1. The Morgan fingerprint density at radius 3 is 2.55 bits per heavy atom. The zero-order valence-electron chi connectivity index (χ0n) is 11.4. The summed E-state index contributed by atoms with van der Waals surface area (Å²) in [5.74, 6) is 0.00859. The maximum Gasteiger partial charge on any atom is 0.336 e. The molecule has 0 saturated heterocycles. The van der Waals surface area contributed by atoms with Crippen molar-refractivity contribution in [3.8, 4) is 0 Å². The molecular formula is C17H19NO2. The lowest BCUT2D eigenvalue weighted by Gasteiger charge is -2.25. The molecule has 0 aliphatic heterocycles. The Morgan fingerprint density at radius 2 is 1.90 bits per heavy atom. The zero-order chi connectivity index (χ0) is 13.9. The Hall–Kier alpha value is -2.03. The molecule has 1 aliphatic rings. The van der Waals surface area contributed by atoms with Crippen LogP contribution in [0.4, 0.5) is 5.69 Å². The maximum atomic E-state index is 11.3. The van der Waals surface area contributed by atoms with Gasteiger partial charge in [-0.1, -0.05) is 43.5 Å². The first-order chi connectivity index (χ1) is 9.75. The minimum absolute atomic E-state index is 0.366. The summed E-state index contributed by atoms with van der Waals surface area (Å²) >= 11 is 0. The Morgan fingerprint density at radius 1 is 1.15 bits per heavy atom. The first-order valence-electron chi connectivity index (χ1n) is 7.24. The Labute approximate surface area is 118 Å². The highest BCUT2D eigenvalue weighted by atomic mass is 16.4. The molecule has 1 saturated carbocycles. The van der Waals surface area contributed by atoms with Crippen molar-refractivity contribution in [3.05, 3.63) is 42.0 Å². The average molecular weight is 269 g/mol. The van der Waals surface area contributed by atoms with Gasteiger partial charge in [-0.25, -0.2) is 4.79 Å². The van der Waals surface area contributed by atoms with Crippen molar-refractivity contribution in [3.63, 3.8) is 0 Å². The van der Waals surface area contributed by atoms with E-state index in [0.29, 0.717) is 5.56 Å². The van der Waals surface area contributed by atoms with Crippen LogP contribution >= 0.6 is 0 Å². The van der Waals surface area contributed by atoms with Gasteiger partial charge in [-0.2, -0.15) is 0 Å². The standard InChI is InChI=1S/C17H19NO2/c19-17(20)15-8-9-16(14-7-2-1-6-13(14)15)18-11-10-12-4-3-5-12/h1-2,6-9,12,18H,3-5,10-11H2,(H,19,20). The van der Waals surface area contributed by atoms with Gasteiger partial charge >= 0.3 is 5.97 Å². The topological polar surface area (TPSA) is 49.3 Å². The number of nitrogens with one attached hydrogen (secondary N) is 1. The van der Waals surface area contributed by atoms with Crippen LogP contribution in [0.3, 0.4) is 0 Å². The third-order valence-corrected chi connectivity index (χ3v) is 4.25. The van der Waals surface area contributed by atoms with Crippen molar-refractivity contribution < 1.29 is 9.90 Å². The van der Waals surface area contributed by atoms with Gasteiger partial charge in [0.05, 0.1) is 5.56 Å². The lowest BCUT2D eigenvalue weighted by Crippen LogP contribution is -2.15. The normalized spacial score (nSPS) is 15.0. The predicted molar refractivity (Wildman–Crippen MR) is 81.4 cm³/mol. The molecule has 0 amide bonds. The molecule has 2 N–H and O–H groups in total. The number of hydrogen-bond donors (Lipinski definition) is 2. The van der Waals surface area contributed by atoms with Gasteiger partial charge in [-0.05, 0) is 29.9 Å². The minimum atomic E-state index is -0.873. The molecule has 0 bridgehead atoms. The molecule has 1 aliphatic carbocycles. The Bertz CT molecular complexity index is 632. The van der Waals surface area contributed by atoms with Crippen LogP contribution in [0.5, 0.6) is 0 Å². The second-order valence-electron chi connectivity index (χ2n) is 5.52. The van der Waals surface area contributed by atoms with E-state index in [-0.39, 0.29) is 0 Å². The number of benzene rings is 2. The molecular weight excluding hydrogens is 250 g/mol. The van der Waals surface area contributed by atoms with Crippen LogP contribution in [0.2, 0.25) is 0 Å². The highest BCUT2D eigenvalue weighted by molar-refractivity contribution is 6.07. The molecule has 20 heavy (non-hydrogen) atoms. The van der Waals surface area contributed by atoms with Crippen molar-refractivity contribution in [2.24, 2.45) is 5.92 Å². The SMILES string of the molecule is O=C(O)c1ccc(NCCC2CCC2)c2ccccc12. The zero-order valence-corrected chi connectivity index (χ0v) is 11.4. The summed E-state index contributed by atoms with van der Waals surface area (Å²) in [4.78, 5) is 11.3. The molecule has 104 valence electrons. The molecule has 3 rings (SSSR count). The molecule has 0 heterocycles. The summed E-state index contributed by atoms with van der Waals surface area (Å²) < 4.78 is 0. The molecule has 2 aromatic rings. The summed E-state index contributed by atoms with van der Waals surface area (Å²) in [5.41, 5.74) is 1.40. The van der Waals surface area contributed by atoms with Crippen LogP contribution in [-0.2, 0) is 0 Å². The van der Waals surface area contributed by atoms with Gasteiger partial charge in [0, 0.05) is 17.6 Å². The largest absolute Gasteiger partial charge is 0.478 e. The van der Waals surface area contributed by atoms with Crippen LogP contribution in [0.1, 0.15) is 36.0 Å². The number of rotatable bonds is 5. The molecule has 0 aromatic heterocycles. The van der Waals surface area contributed by atoms with Crippen LogP contribution in [0.15, 0.2) is 36.4 Å².